The molecule has 0 aromatic heterocycles. The lowest BCUT2D eigenvalue weighted by Crippen LogP contribution is -2.46. The molecule has 0 aromatic rings. The molecule has 1 aliphatic heterocycles. The molecule has 1 fully saturated rings. The Bertz CT molecular complexity index is 263. The Morgan fingerprint density at radius 1 is 1.33 bits per heavy atom. The molecular formula is C11H20N2O2. The van der Waals surface area contributed by atoms with Crippen LogP contribution in [0.2, 0.25) is 0 Å². The first kappa shape index (κ1) is 12.0. The smallest absolute Gasteiger partial charge is 0.240 e. The number of carbonyl (C=O) groups excluding carboxylic acids is 2. The van der Waals surface area contributed by atoms with Gasteiger partial charge in [-0.1, -0.05) is 20.8 Å². The Hall–Kier alpha value is -1.06. The van der Waals surface area contributed by atoms with E-state index < -0.39 is 0 Å². The molecule has 4 heteroatoms. The van der Waals surface area contributed by atoms with Crippen molar-refractivity contribution >= 4 is 11.8 Å². The molecule has 0 bridgehead atoms. The quantitative estimate of drug-likeness (QED) is 0.750. The van der Waals surface area contributed by atoms with Gasteiger partial charge in [0.05, 0.1) is 0 Å². The number of nitrogens with two attached hydrogens (primary N) is 1. The van der Waals surface area contributed by atoms with Crippen LogP contribution in [-0.2, 0) is 9.59 Å². The van der Waals surface area contributed by atoms with Gasteiger partial charge in [0.25, 0.3) is 0 Å². The summed E-state index contributed by atoms with van der Waals surface area (Å²) >= 11 is 0. The van der Waals surface area contributed by atoms with E-state index >= 15 is 0 Å². The van der Waals surface area contributed by atoms with Crippen molar-refractivity contribution < 1.29 is 9.59 Å². The Morgan fingerprint density at radius 2 is 1.93 bits per heavy atom. The van der Waals surface area contributed by atoms with Crippen molar-refractivity contribution in [2.24, 2.45) is 17.6 Å². The number of likely N-dealkylation sites (tertiary alicyclic amines) is 1. The molecule has 1 saturated heterocycles. The minimum Gasteiger partial charge on any atom is -0.368 e. The number of primary amides is 1. The van der Waals surface area contributed by atoms with Gasteiger partial charge in [-0.05, 0) is 18.8 Å². The van der Waals surface area contributed by atoms with Gasteiger partial charge in [-0.3, -0.25) is 9.59 Å². The molecule has 2 N–H and O–H groups in total. The summed E-state index contributed by atoms with van der Waals surface area (Å²) in [5.41, 5.74) is 5.27. The zero-order valence-electron chi connectivity index (χ0n) is 9.69. The van der Waals surface area contributed by atoms with Gasteiger partial charge in [-0.25, -0.2) is 0 Å². The van der Waals surface area contributed by atoms with Crippen LogP contribution in [0.15, 0.2) is 0 Å². The van der Waals surface area contributed by atoms with Crippen LogP contribution in [0.1, 0.15) is 33.6 Å². The van der Waals surface area contributed by atoms with E-state index in [1.807, 2.05) is 20.8 Å². The van der Waals surface area contributed by atoms with E-state index in [0.29, 0.717) is 18.9 Å². The average Bonchev–Trinajstić information content (AvgIpc) is 2.63. The van der Waals surface area contributed by atoms with Crippen molar-refractivity contribution in [3.05, 3.63) is 0 Å². The zero-order chi connectivity index (χ0) is 11.6. The maximum absolute atomic E-state index is 12.0. The summed E-state index contributed by atoms with van der Waals surface area (Å²) in [6.45, 7) is 6.60. The van der Waals surface area contributed by atoms with Crippen molar-refractivity contribution in [3.8, 4) is 0 Å². The van der Waals surface area contributed by atoms with Crippen LogP contribution >= 0.6 is 0 Å². The molecule has 1 aliphatic rings. The highest BCUT2D eigenvalue weighted by Gasteiger charge is 2.35. The van der Waals surface area contributed by atoms with Gasteiger partial charge >= 0.3 is 0 Å². The molecule has 2 unspecified atom stereocenters. The van der Waals surface area contributed by atoms with Crippen LogP contribution in [0.5, 0.6) is 0 Å². The Balaban J connectivity index is 2.70. The van der Waals surface area contributed by atoms with Crippen LogP contribution in [0.4, 0.5) is 0 Å². The summed E-state index contributed by atoms with van der Waals surface area (Å²) in [6, 6.07) is -0.376. The fourth-order valence-corrected chi connectivity index (χ4v) is 1.87. The zero-order valence-corrected chi connectivity index (χ0v) is 9.69. The van der Waals surface area contributed by atoms with Crippen molar-refractivity contribution in [2.45, 2.75) is 39.7 Å². The number of nitrogens with zero attached hydrogens (tertiary/aromatic N) is 1. The molecule has 0 saturated carbocycles. The molecule has 1 rings (SSSR count). The van der Waals surface area contributed by atoms with Crippen LogP contribution in [0.3, 0.4) is 0 Å². The van der Waals surface area contributed by atoms with Crippen molar-refractivity contribution in [1.29, 1.82) is 0 Å². The maximum atomic E-state index is 12.0. The molecule has 0 aliphatic carbocycles. The summed E-state index contributed by atoms with van der Waals surface area (Å²) in [4.78, 5) is 24.8. The van der Waals surface area contributed by atoms with Gasteiger partial charge in [-0.15, -0.1) is 0 Å². The molecule has 0 spiro atoms. The normalized spacial score (nSPS) is 23.2. The van der Waals surface area contributed by atoms with Crippen LogP contribution in [0, 0.1) is 11.8 Å². The highest BCUT2D eigenvalue weighted by atomic mass is 16.2. The topological polar surface area (TPSA) is 63.4 Å². The average molecular weight is 212 g/mol. The van der Waals surface area contributed by atoms with E-state index in [4.69, 9.17) is 5.73 Å². The van der Waals surface area contributed by atoms with Gasteiger partial charge in [0.15, 0.2) is 0 Å². The van der Waals surface area contributed by atoms with Crippen molar-refractivity contribution in [2.75, 3.05) is 6.54 Å². The van der Waals surface area contributed by atoms with Crippen molar-refractivity contribution in [3.63, 3.8) is 0 Å². The molecule has 0 radical (unpaired) electrons. The van der Waals surface area contributed by atoms with E-state index in [-0.39, 0.29) is 23.8 Å². The third-order valence-electron chi connectivity index (χ3n) is 3.25. The van der Waals surface area contributed by atoms with Gasteiger partial charge in [0, 0.05) is 12.5 Å². The SMILES string of the molecule is CC(C)C(C)C(=O)N1CCCC1C(N)=O. The van der Waals surface area contributed by atoms with E-state index in [1.165, 1.54) is 0 Å². The molecule has 0 aromatic carbocycles. The second kappa shape index (κ2) is 4.64. The van der Waals surface area contributed by atoms with Gasteiger partial charge in [0.1, 0.15) is 6.04 Å². The Labute approximate surface area is 90.8 Å². The minimum absolute atomic E-state index is 0.0371. The summed E-state index contributed by atoms with van der Waals surface area (Å²) < 4.78 is 0. The summed E-state index contributed by atoms with van der Waals surface area (Å²) in [5.74, 6) is -0.0558. The number of rotatable bonds is 3. The Kier molecular flexibility index (Phi) is 3.72. The molecule has 1 heterocycles. The molecule has 2 amide bonds. The maximum Gasteiger partial charge on any atom is 0.240 e. The first-order valence-electron chi connectivity index (χ1n) is 5.55. The van der Waals surface area contributed by atoms with E-state index in [2.05, 4.69) is 0 Å². The molecule has 4 nitrogen and oxygen atoms in total. The molecule has 15 heavy (non-hydrogen) atoms. The number of hydrogen-bond acceptors (Lipinski definition) is 2. The first-order valence-corrected chi connectivity index (χ1v) is 5.55. The third kappa shape index (κ3) is 2.49. The Morgan fingerprint density at radius 3 is 2.40 bits per heavy atom. The molecule has 2 atom stereocenters. The lowest BCUT2D eigenvalue weighted by atomic mass is 9.96. The summed E-state index contributed by atoms with van der Waals surface area (Å²) in [5, 5.41) is 0. The fourth-order valence-electron chi connectivity index (χ4n) is 1.87. The second-order valence-corrected chi connectivity index (χ2v) is 4.62. The van der Waals surface area contributed by atoms with Gasteiger partial charge in [-0.2, -0.15) is 0 Å². The van der Waals surface area contributed by atoms with E-state index in [1.54, 1.807) is 4.90 Å². The molecule has 86 valence electrons. The second-order valence-electron chi connectivity index (χ2n) is 4.62. The predicted molar refractivity (Wildman–Crippen MR) is 57.9 cm³/mol. The minimum atomic E-state index is -0.378. The highest BCUT2D eigenvalue weighted by molar-refractivity contribution is 5.88. The predicted octanol–water partition coefficient (Wildman–Crippen LogP) is 0.755. The number of carbonyl (C=O) groups is 2. The number of amides is 2. The first-order chi connectivity index (χ1) is 6.95. The highest BCUT2D eigenvalue weighted by Crippen LogP contribution is 2.22. The monoisotopic (exact) mass is 212 g/mol. The molecular weight excluding hydrogens is 192 g/mol. The van der Waals surface area contributed by atoms with Gasteiger partial charge < -0.3 is 10.6 Å². The lowest BCUT2D eigenvalue weighted by molar-refractivity contribution is -0.141. The van der Waals surface area contributed by atoms with Crippen LogP contribution < -0.4 is 5.73 Å². The van der Waals surface area contributed by atoms with Crippen LogP contribution in [0.25, 0.3) is 0 Å². The van der Waals surface area contributed by atoms with E-state index in [0.717, 1.165) is 6.42 Å². The van der Waals surface area contributed by atoms with Gasteiger partial charge in [0.2, 0.25) is 11.8 Å². The third-order valence-corrected chi connectivity index (χ3v) is 3.25. The summed E-state index contributed by atoms with van der Waals surface area (Å²) in [7, 11) is 0. The van der Waals surface area contributed by atoms with Crippen LogP contribution in [-0.4, -0.2) is 29.3 Å². The van der Waals surface area contributed by atoms with Crippen molar-refractivity contribution in [1.82, 2.24) is 4.90 Å². The number of hydrogen-bond donors (Lipinski definition) is 1. The standard InChI is InChI=1S/C11H20N2O2/c1-7(2)8(3)11(15)13-6-4-5-9(13)10(12)14/h7-9H,4-6H2,1-3H3,(H2,12,14). The summed E-state index contributed by atoms with van der Waals surface area (Å²) in [6.07, 6.45) is 1.59. The fraction of sp³-hybridized carbons (Fsp3) is 0.818. The lowest BCUT2D eigenvalue weighted by Gasteiger charge is -2.27. The largest absolute Gasteiger partial charge is 0.368 e. The van der Waals surface area contributed by atoms with E-state index in [9.17, 15) is 9.59 Å².